The molecule has 2 rings (SSSR count). The number of benzene rings is 2. The first-order valence-corrected chi connectivity index (χ1v) is 7.31. The predicted molar refractivity (Wildman–Crippen MR) is 85.4 cm³/mol. The number of halogens is 2. The second kappa shape index (κ2) is 6.92. The summed E-state index contributed by atoms with van der Waals surface area (Å²) < 4.78 is 13.2. The molecule has 112 valence electrons. The number of anilines is 1. The van der Waals surface area contributed by atoms with E-state index in [1.165, 1.54) is 17.7 Å². The molecule has 0 spiro atoms. The highest BCUT2D eigenvalue weighted by Crippen LogP contribution is 2.21. The van der Waals surface area contributed by atoms with E-state index in [4.69, 9.17) is 11.6 Å². The zero-order chi connectivity index (χ0) is 15.4. The molecule has 0 saturated carbocycles. The van der Waals surface area contributed by atoms with Crippen LogP contribution in [0.2, 0.25) is 5.02 Å². The number of hydrogen-bond donors (Lipinski definition) is 2. The fourth-order valence-corrected chi connectivity index (χ4v) is 2.31. The van der Waals surface area contributed by atoms with Crippen molar-refractivity contribution in [2.75, 3.05) is 11.9 Å². The van der Waals surface area contributed by atoms with Gasteiger partial charge in [0.05, 0.1) is 6.10 Å². The van der Waals surface area contributed by atoms with Crippen LogP contribution in [0, 0.1) is 5.82 Å². The Bertz CT molecular complexity index is 578. The molecule has 0 heterocycles. The Hall–Kier alpha value is -1.58. The van der Waals surface area contributed by atoms with E-state index >= 15 is 0 Å². The van der Waals surface area contributed by atoms with Gasteiger partial charge in [0.15, 0.2) is 0 Å². The highest BCUT2D eigenvalue weighted by Gasteiger charge is 2.09. The Balaban J connectivity index is 1.99. The van der Waals surface area contributed by atoms with Gasteiger partial charge in [-0.15, -0.1) is 0 Å². The highest BCUT2D eigenvalue weighted by molar-refractivity contribution is 6.30. The first-order valence-electron chi connectivity index (χ1n) is 6.93. The molecule has 2 nitrogen and oxygen atoms in total. The van der Waals surface area contributed by atoms with Crippen molar-refractivity contribution >= 4 is 17.3 Å². The summed E-state index contributed by atoms with van der Waals surface area (Å²) in [4.78, 5) is 0. The summed E-state index contributed by atoms with van der Waals surface area (Å²) in [5.41, 5.74) is 2.61. The van der Waals surface area contributed by atoms with Crippen LogP contribution >= 0.6 is 11.6 Å². The van der Waals surface area contributed by atoms with Crippen LogP contribution in [0.1, 0.15) is 37.0 Å². The molecule has 0 bridgehead atoms. The van der Waals surface area contributed by atoms with Gasteiger partial charge >= 0.3 is 0 Å². The third-order valence-electron chi connectivity index (χ3n) is 3.35. The van der Waals surface area contributed by atoms with Crippen LogP contribution in [0.3, 0.4) is 0 Å². The maximum absolute atomic E-state index is 13.2. The minimum absolute atomic E-state index is 0.292. The van der Waals surface area contributed by atoms with Crippen LogP contribution in [0.15, 0.2) is 42.5 Å². The molecular weight excluding hydrogens is 289 g/mol. The van der Waals surface area contributed by atoms with Gasteiger partial charge in [-0.2, -0.15) is 0 Å². The van der Waals surface area contributed by atoms with Crippen LogP contribution in [0.25, 0.3) is 0 Å². The van der Waals surface area contributed by atoms with Gasteiger partial charge in [0.2, 0.25) is 0 Å². The van der Waals surface area contributed by atoms with E-state index in [9.17, 15) is 9.50 Å². The second-order valence-corrected chi connectivity index (χ2v) is 5.81. The van der Waals surface area contributed by atoms with Crippen LogP contribution in [-0.4, -0.2) is 11.7 Å². The van der Waals surface area contributed by atoms with Gasteiger partial charge in [0.25, 0.3) is 0 Å². The summed E-state index contributed by atoms with van der Waals surface area (Å²) in [5, 5.41) is 13.5. The SMILES string of the molecule is CC(C)c1ccc(C(O)CNc2cc(F)cc(Cl)c2)cc1. The third kappa shape index (κ3) is 4.45. The Morgan fingerprint density at radius 1 is 1.10 bits per heavy atom. The zero-order valence-corrected chi connectivity index (χ0v) is 12.9. The van der Waals surface area contributed by atoms with Crippen LogP contribution in [0.4, 0.5) is 10.1 Å². The number of aliphatic hydroxyl groups excluding tert-OH is 1. The van der Waals surface area contributed by atoms with E-state index in [1.807, 2.05) is 24.3 Å². The first kappa shape index (κ1) is 15.8. The topological polar surface area (TPSA) is 32.3 Å². The Kier molecular flexibility index (Phi) is 5.21. The van der Waals surface area contributed by atoms with Gasteiger partial charge in [-0.25, -0.2) is 4.39 Å². The fourth-order valence-electron chi connectivity index (χ4n) is 2.09. The smallest absolute Gasteiger partial charge is 0.126 e. The van der Waals surface area contributed by atoms with E-state index in [-0.39, 0.29) is 0 Å². The van der Waals surface area contributed by atoms with E-state index < -0.39 is 11.9 Å². The van der Waals surface area contributed by atoms with Crippen LogP contribution in [-0.2, 0) is 0 Å². The van der Waals surface area contributed by atoms with Crippen molar-refractivity contribution < 1.29 is 9.50 Å². The number of rotatable bonds is 5. The van der Waals surface area contributed by atoms with Crippen LogP contribution < -0.4 is 5.32 Å². The lowest BCUT2D eigenvalue weighted by Crippen LogP contribution is -2.12. The van der Waals surface area contributed by atoms with Crippen molar-refractivity contribution in [2.24, 2.45) is 0 Å². The first-order chi connectivity index (χ1) is 9.95. The number of aliphatic hydroxyl groups is 1. The van der Waals surface area contributed by atoms with E-state index in [2.05, 4.69) is 19.2 Å². The second-order valence-electron chi connectivity index (χ2n) is 5.38. The van der Waals surface area contributed by atoms with Gasteiger partial charge in [-0.1, -0.05) is 49.7 Å². The van der Waals surface area contributed by atoms with Crippen molar-refractivity contribution in [1.29, 1.82) is 0 Å². The Morgan fingerprint density at radius 3 is 2.29 bits per heavy atom. The van der Waals surface area contributed by atoms with E-state index in [1.54, 1.807) is 6.07 Å². The molecule has 2 N–H and O–H groups in total. The van der Waals surface area contributed by atoms with Gasteiger partial charge in [-0.3, -0.25) is 0 Å². The molecule has 4 heteroatoms. The quantitative estimate of drug-likeness (QED) is 0.835. The normalized spacial score (nSPS) is 12.5. The summed E-state index contributed by atoms with van der Waals surface area (Å²) in [7, 11) is 0. The standard InChI is InChI=1S/C17H19ClFNO/c1-11(2)12-3-5-13(6-4-12)17(21)10-20-16-8-14(18)7-15(19)9-16/h3-9,11,17,20-21H,10H2,1-2H3. The molecule has 0 aliphatic heterocycles. The lowest BCUT2D eigenvalue weighted by molar-refractivity contribution is 0.191. The molecule has 0 aliphatic carbocycles. The molecule has 0 amide bonds. The zero-order valence-electron chi connectivity index (χ0n) is 12.1. The summed E-state index contributed by atoms with van der Waals surface area (Å²) in [6.07, 6.45) is -0.659. The molecule has 1 atom stereocenters. The van der Waals surface area contributed by atoms with Gasteiger partial charge < -0.3 is 10.4 Å². The van der Waals surface area contributed by atoms with E-state index in [0.29, 0.717) is 23.2 Å². The van der Waals surface area contributed by atoms with Crippen molar-refractivity contribution in [2.45, 2.75) is 25.9 Å². The molecule has 0 saturated heterocycles. The predicted octanol–water partition coefficient (Wildman–Crippen LogP) is 4.75. The average molecular weight is 308 g/mol. The molecular formula is C17H19ClFNO. The van der Waals surface area contributed by atoms with Crippen molar-refractivity contribution in [3.63, 3.8) is 0 Å². The Labute approximate surface area is 129 Å². The maximum Gasteiger partial charge on any atom is 0.126 e. The largest absolute Gasteiger partial charge is 0.387 e. The molecule has 2 aromatic rings. The third-order valence-corrected chi connectivity index (χ3v) is 3.57. The summed E-state index contributed by atoms with van der Waals surface area (Å²) in [6.45, 7) is 4.54. The molecule has 0 radical (unpaired) electrons. The van der Waals surface area contributed by atoms with Crippen molar-refractivity contribution in [1.82, 2.24) is 0 Å². The lowest BCUT2D eigenvalue weighted by Gasteiger charge is -2.14. The van der Waals surface area contributed by atoms with Crippen molar-refractivity contribution in [3.8, 4) is 0 Å². The lowest BCUT2D eigenvalue weighted by atomic mass is 10.00. The highest BCUT2D eigenvalue weighted by atomic mass is 35.5. The molecule has 0 aliphatic rings. The maximum atomic E-state index is 13.2. The summed E-state index contributed by atoms with van der Waals surface area (Å²) in [6, 6.07) is 12.1. The molecule has 1 unspecified atom stereocenters. The molecule has 2 aromatic carbocycles. The van der Waals surface area contributed by atoms with Crippen molar-refractivity contribution in [3.05, 3.63) is 64.4 Å². The molecule has 21 heavy (non-hydrogen) atoms. The number of nitrogens with one attached hydrogen (secondary N) is 1. The molecule has 0 fully saturated rings. The van der Waals surface area contributed by atoms with Gasteiger partial charge in [-0.05, 0) is 35.2 Å². The van der Waals surface area contributed by atoms with Gasteiger partial charge in [0.1, 0.15) is 5.82 Å². The minimum atomic E-state index is -0.659. The molecule has 0 aromatic heterocycles. The fraction of sp³-hybridized carbons (Fsp3) is 0.294. The number of hydrogen-bond acceptors (Lipinski definition) is 2. The van der Waals surface area contributed by atoms with Gasteiger partial charge in [0, 0.05) is 17.3 Å². The van der Waals surface area contributed by atoms with Crippen LogP contribution in [0.5, 0.6) is 0 Å². The minimum Gasteiger partial charge on any atom is -0.387 e. The summed E-state index contributed by atoms with van der Waals surface area (Å²) in [5.74, 6) is 0.0597. The summed E-state index contributed by atoms with van der Waals surface area (Å²) >= 11 is 5.79. The Morgan fingerprint density at radius 2 is 1.71 bits per heavy atom. The van der Waals surface area contributed by atoms with E-state index in [0.717, 1.165) is 5.56 Å². The average Bonchev–Trinajstić information content (AvgIpc) is 2.44. The monoisotopic (exact) mass is 307 g/mol.